The van der Waals surface area contributed by atoms with Gasteiger partial charge in [0.15, 0.2) is 0 Å². The summed E-state index contributed by atoms with van der Waals surface area (Å²) in [7, 11) is 0. The molecule has 0 aromatic heterocycles. The molecule has 0 unspecified atom stereocenters. The normalized spacial score (nSPS) is 11.8. The number of unbranched alkanes of at least 4 members (excludes halogenated alkanes) is 40. The Bertz CT molecular complexity index is 1510. The molecule has 0 fully saturated rings. The second-order valence-electron chi connectivity index (χ2n) is 21.0. The third kappa shape index (κ3) is 40.1. The Morgan fingerprint density at radius 1 is 0.362 bits per heavy atom. The van der Waals surface area contributed by atoms with Gasteiger partial charge in [0.2, 0.25) is 0 Å². The molecule has 0 aliphatic carbocycles. The zero-order valence-corrected chi connectivity index (χ0v) is 47.3. The van der Waals surface area contributed by atoms with Crippen molar-refractivity contribution in [3.05, 3.63) is 59.7 Å². The second-order valence-corrected chi connectivity index (χ2v) is 21.0. The molecule has 0 heterocycles. The fraction of sp³-hybridized carbons (Fsp3) is 0.758. The van der Waals surface area contributed by atoms with Gasteiger partial charge in [-0.3, -0.25) is 9.98 Å². The van der Waals surface area contributed by atoms with E-state index in [1.165, 1.54) is 282 Å². The number of aryl methyl sites for hydroxylation is 1. The van der Waals surface area contributed by atoms with Crippen LogP contribution >= 0.6 is 0 Å². The predicted octanol–water partition coefficient (Wildman–Crippen LogP) is 23.1. The summed E-state index contributed by atoms with van der Waals surface area (Å²) < 4.78 is 0. The maximum absolute atomic E-state index is 5.29. The van der Waals surface area contributed by atoms with Crippen molar-refractivity contribution < 1.29 is 16.5 Å². The van der Waals surface area contributed by atoms with Crippen LogP contribution in [0.4, 0.5) is 11.4 Å². The zero-order valence-electron chi connectivity index (χ0n) is 46.4. The topological polar surface area (TPSA) is 24.7 Å². The molecule has 69 heavy (non-hydrogen) atoms. The van der Waals surface area contributed by atoms with E-state index in [0.29, 0.717) is 0 Å². The van der Waals surface area contributed by atoms with Crippen molar-refractivity contribution in [2.45, 2.75) is 323 Å². The summed E-state index contributed by atoms with van der Waals surface area (Å²) in [5.74, 6) is 6.95. The van der Waals surface area contributed by atoms with Gasteiger partial charge in [-0.1, -0.05) is 308 Å². The van der Waals surface area contributed by atoms with Crippen LogP contribution in [0.15, 0.2) is 58.5 Å². The summed E-state index contributed by atoms with van der Waals surface area (Å²) in [6, 6.07) is 17.7. The summed E-state index contributed by atoms with van der Waals surface area (Å²) in [5, 5.41) is 0. The van der Waals surface area contributed by atoms with Gasteiger partial charge in [-0.15, -0.1) is 0 Å². The summed E-state index contributed by atoms with van der Waals surface area (Å²) >= 11 is 0. The number of rotatable bonds is 48. The van der Waals surface area contributed by atoms with E-state index >= 15 is 0 Å². The predicted molar refractivity (Wildman–Crippen MR) is 308 cm³/mol. The van der Waals surface area contributed by atoms with E-state index < -0.39 is 0 Å². The van der Waals surface area contributed by atoms with Crippen LogP contribution in [0.25, 0.3) is 0 Å². The monoisotopic (exact) mass is 991 g/mol. The van der Waals surface area contributed by atoms with E-state index in [-0.39, 0.29) is 16.5 Å². The number of benzene rings is 2. The molecule has 0 saturated heterocycles. The van der Waals surface area contributed by atoms with E-state index in [1.54, 1.807) is 0 Å². The molecule has 2 nitrogen and oxygen atoms in total. The Kier molecular flexibility index (Phi) is 47.7. The van der Waals surface area contributed by atoms with Crippen molar-refractivity contribution in [2.75, 3.05) is 0 Å². The van der Waals surface area contributed by atoms with Gasteiger partial charge in [-0.25, -0.2) is 0 Å². The first-order valence-corrected chi connectivity index (χ1v) is 30.5. The maximum Gasteiger partial charge on any atom is 0.0646 e. The molecule has 0 aliphatic rings. The molecule has 0 bridgehead atoms. The first-order chi connectivity index (χ1) is 33.7. The Hall–Kier alpha value is -2.17. The molecule has 396 valence electrons. The van der Waals surface area contributed by atoms with E-state index in [2.05, 4.69) is 88.1 Å². The van der Waals surface area contributed by atoms with Crippen molar-refractivity contribution in [1.29, 1.82) is 0 Å². The average molecular weight is 992 g/mol. The molecular weight excluding hydrogens is 879 g/mol. The Labute approximate surface area is 441 Å². The van der Waals surface area contributed by atoms with Gasteiger partial charge in [0.1, 0.15) is 0 Å². The summed E-state index contributed by atoms with van der Waals surface area (Å²) in [6.45, 7) is 9.14. The van der Waals surface area contributed by atoms with Crippen molar-refractivity contribution >= 4 is 22.8 Å². The molecule has 0 atom stereocenters. The second kappa shape index (κ2) is 50.8. The molecule has 2 aromatic carbocycles. The van der Waals surface area contributed by atoms with Gasteiger partial charge in [0.25, 0.3) is 0 Å². The molecule has 3 heteroatoms. The van der Waals surface area contributed by atoms with Crippen LogP contribution in [0.1, 0.15) is 328 Å². The van der Waals surface area contributed by atoms with Crippen molar-refractivity contribution in [3.63, 3.8) is 0 Å². The van der Waals surface area contributed by atoms with E-state index in [1.807, 2.05) is 0 Å². The molecule has 0 N–H and O–H groups in total. The molecule has 0 aliphatic heterocycles. The van der Waals surface area contributed by atoms with Gasteiger partial charge >= 0.3 is 0 Å². The summed E-state index contributed by atoms with van der Waals surface area (Å²) in [6.07, 6.45) is 62.9. The number of nitrogens with zero attached hydrogens (tertiary/aromatic N) is 2. The van der Waals surface area contributed by atoms with E-state index in [9.17, 15) is 0 Å². The van der Waals surface area contributed by atoms with Crippen molar-refractivity contribution in [2.24, 2.45) is 9.98 Å². The van der Waals surface area contributed by atoms with E-state index in [4.69, 9.17) is 9.98 Å². The molecule has 0 spiro atoms. The fourth-order valence-electron chi connectivity index (χ4n) is 9.90. The maximum atomic E-state index is 5.29. The molecule has 2 aromatic rings. The van der Waals surface area contributed by atoms with Crippen LogP contribution in [-0.2, 0) is 22.9 Å². The third-order valence-corrected chi connectivity index (χ3v) is 14.5. The van der Waals surface area contributed by atoms with Crippen molar-refractivity contribution in [1.82, 2.24) is 0 Å². The molecule has 2 rings (SSSR count). The van der Waals surface area contributed by atoms with Gasteiger partial charge in [-0.2, -0.15) is 0 Å². The minimum atomic E-state index is 0. The van der Waals surface area contributed by atoms with Gasteiger partial charge in [-0.05, 0) is 74.4 Å². The average Bonchev–Trinajstić information content (AvgIpc) is 3.36. The molecular formula is C66H112N2Ni. The zero-order chi connectivity index (χ0) is 48.5. The Morgan fingerprint density at radius 2 is 0.725 bits per heavy atom. The minimum absolute atomic E-state index is 0. The van der Waals surface area contributed by atoms with Gasteiger partial charge in [0, 0.05) is 28.5 Å². The minimum Gasteiger partial charge on any atom is -0.252 e. The van der Waals surface area contributed by atoms with E-state index in [0.717, 1.165) is 47.6 Å². The standard InChI is InChI=1S/C66H112N2.Ni/c1-5-9-12-15-18-20-22-23-24-25-26-27-28-29-30-31-32-33-34-35-36-37-39-41-43-45-48-52-62-53-50-54-64(60-62)68-65(8-4)66(55-49-46-17-14-11-7-3)67-63-58-56-61(57-59-63)51-47-44-42-40-38-21-19-16-13-10-6-2;/h50,53-54,56-60H,5-47,49,51,55H2,1-4H3;. The van der Waals surface area contributed by atoms with Crippen LogP contribution in [0.3, 0.4) is 0 Å². The third-order valence-electron chi connectivity index (χ3n) is 14.5. The van der Waals surface area contributed by atoms with Crippen LogP contribution in [0, 0.1) is 11.8 Å². The van der Waals surface area contributed by atoms with Crippen LogP contribution in [0.2, 0.25) is 0 Å². The summed E-state index contributed by atoms with van der Waals surface area (Å²) in [4.78, 5) is 10.5. The van der Waals surface area contributed by atoms with Crippen LogP contribution in [-0.4, -0.2) is 11.4 Å². The Balaban J connectivity index is 0.0000238. The number of hydrogen-bond donors (Lipinski definition) is 0. The van der Waals surface area contributed by atoms with Crippen LogP contribution in [0.5, 0.6) is 0 Å². The van der Waals surface area contributed by atoms with Gasteiger partial charge in [0.05, 0.1) is 22.8 Å². The van der Waals surface area contributed by atoms with Crippen molar-refractivity contribution in [3.8, 4) is 11.8 Å². The van der Waals surface area contributed by atoms with Crippen LogP contribution < -0.4 is 0 Å². The number of hydrogen-bond acceptors (Lipinski definition) is 2. The quantitative estimate of drug-likeness (QED) is 0.0273. The first kappa shape index (κ1) is 64.8. The molecule has 0 amide bonds. The smallest absolute Gasteiger partial charge is 0.0646 e. The molecule has 0 saturated carbocycles. The molecule has 0 radical (unpaired) electrons. The fourth-order valence-corrected chi connectivity index (χ4v) is 9.90. The SMILES string of the molecule is CCCCCCCCCCCCCCCCCCCCCCCCCCCC#Cc1cccc(N=C(CC)C(CCCCCCCC)=Nc2ccc(CCCCCCCCCCCCC)cc2)c1.[Ni]. The van der Waals surface area contributed by atoms with Gasteiger partial charge < -0.3 is 0 Å². The summed E-state index contributed by atoms with van der Waals surface area (Å²) in [5.41, 5.74) is 6.84. The number of aliphatic imine (C=N–C) groups is 2. The first-order valence-electron chi connectivity index (χ1n) is 30.5. The largest absolute Gasteiger partial charge is 0.252 e. The Morgan fingerprint density at radius 3 is 1.13 bits per heavy atom.